The average molecular weight is 263 g/mol. The minimum atomic E-state index is -0.0102. The summed E-state index contributed by atoms with van der Waals surface area (Å²) in [5.41, 5.74) is 8.18. The maximum absolute atomic E-state index is 12.1. The first-order valence-electron chi connectivity index (χ1n) is 7.01. The molecule has 0 saturated heterocycles. The second-order valence-corrected chi connectivity index (χ2v) is 4.55. The van der Waals surface area contributed by atoms with Crippen LogP contribution in [-0.4, -0.2) is 37.0 Å². The lowest BCUT2D eigenvalue weighted by atomic mass is 10.0. The lowest BCUT2D eigenvalue weighted by Crippen LogP contribution is -2.35. The van der Waals surface area contributed by atoms with Gasteiger partial charge in [-0.25, -0.2) is 0 Å². The molecule has 4 nitrogen and oxygen atoms in total. The van der Waals surface area contributed by atoms with Gasteiger partial charge in [0.1, 0.15) is 0 Å². The van der Waals surface area contributed by atoms with Crippen molar-refractivity contribution in [2.24, 2.45) is 0 Å². The predicted octanol–water partition coefficient (Wildman–Crippen LogP) is 1.90. The van der Waals surface area contributed by atoms with Crippen molar-refractivity contribution < 1.29 is 4.79 Å². The summed E-state index contributed by atoms with van der Waals surface area (Å²) in [6.45, 7) is 9.86. The van der Waals surface area contributed by atoms with Crippen molar-refractivity contribution in [2.45, 2.75) is 27.2 Å². The summed E-state index contributed by atoms with van der Waals surface area (Å²) in [5, 5.41) is 2.97. The van der Waals surface area contributed by atoms with Crippen molar-refractivity contribution in [3.63, 3.8) is 0 Å². The van der Waals surface area contributed by atoms with Crippen LogP contribution in [0.5, 0.6) is 0 Å². The Morgan fingerprint density at radius 2 is 1.95 bits per heavy atom. The van der Waals surface area contributed by atoms with Gasteiger partial charge in [0.25, 0.3) is 5.91 Å². The monoisotopic (exact) mass is 263 g/mol. The molecule has 3 N–H and O–H groups in total. The second kappa shape index (κ2) is 7.79. The highest BCUT2D eigenvalue weighted by Crippen LogP contribution is 2.14. The number of likely N-dealkylation sites (N-methyl/N-ethyl adjacent to an activating group) is 1. The molecule has 19 heavy (non-hydrogen) atoms. The number of nitrogens with zero attached hydrogens (tertiary/aromatic N) is 1. The van der Waals surface area contributed by atoms with Crippen LogP contribution in [0.4, 0.5) is 5.69 Å². The van der Waals surface area contributed by atoms with E-state index in [4.69, 9.17) is 5.73 Å². The van der Waals surface area contributed by atoms with E-state index in [2.05, 4.69) is 24.1 Å². The molecule has 0 saturated carbocycles. The normalized spacial score (nSPS) is 10.7. The largest absolute Gasteiger partial charge is 0.399 e. The van der Waals surface area contributed by atoms with E-state index in [1.165, 1.54) is 0 Å². The quantitative estimate of drug-likeness (QED) is 0.739. The molecule has 0 aliphatic carbocycles. The summed E-state index contributed by atoms with van der Waals surface area (Å²) in [5.74, 6) is -0.0102. The van der Waals surface area contributed by atoms with Gasteiger partial charge in [-0.3, -0.25) is 4.79 Å². The smallest absolute Gasteiger partial charge is 0.251 e. The zero-order chi connectivity index (χ0) is 14.3. The Kier molecular flexibility index (Phi) is 6.36. The second-order valence-electron chi connectivity index (χ2n) is 4.55. The molecule has 0 radical (unpaired) electrons. The molecule has 1 aromatic carbocycles. The molecule has 0 aromatic heterocycles. The molecule has 0 heterocycles. The van der Waals surface area contributed by atoms with E-state index in [0.29, 0.717) is 12.2 Å². The summed E-state index contributed by atoms with van der Waals surface area (Å²) in [7, 11) is 0. The van der Waals surface area contributed by atoms with Crippen LogP contribution in [0.2, 0.25) is 0 Å². The number of nitrogens with two attached hydrogens (primary N) is 1. The molecule has 1 rings (SSSR count). The molecule has 4 heteroatoms. The van der Waals surface area contributed by atoms with Crippen LogP contribution in [0, 0.1) is 0 Å². The van der Waals surface area contributed by atoms with Gasteiger partial charge in [-0.05, 0) is 43.3 Å². The molecular weight excluding hydrogens is 238 g/mol. The van der Waals surface area contributed by atoms with Crippen molar-refractivity contribution in [2.75, 3.05) is 31.9 Å². The number of carbonyl (C=O) groups excluding carboxylic acids is 1. The van der Waals surface area contributed by atoms with Crippen molar-refractivity contribution in [1.82, 2.24) is 10.2 Å². The number of hydrogen-bond acceptors (Lipinski definition) is 3. The standard InChI is InChI=1S/C15H25N3O/c1-4-12-11-13(16)7-8-14(12)15(19)17-9-10-18(5-2)6-3/h7-8,11H,4-6,9-10,16H2,1-3H3,(H,17,19). The van der Waals surface area contributed by atoms with Gasteiger partial charge in [0.2, 0.25) is 0 Å². The van der Waals surface area contributed by atoms with Crippen LogP contribution in [-0.2, 0) is 6.42 Å². The van der Waals surface area contributed by atoms with Crippen molar-refractivity contribution in [3.8, 4) is 0 Å². The number of nitrogens with one attached hydrogen (secondary N) is 1. The first-order chi connectivity index (χ1) is 9.12. The van der Waals surface area contributed by atoms with E-state index in [1.54, 1.807) is 12.1 Å². The highest BCUT2D eigenvalue weighted by molar-refractivity contribution is 5.96. The minimum absolute atomic E-state index is 0.0102. The van der Waals surface area contributed by atoms with Gasteiger partial charge in [-0.2, -0.15) is 0 Å². The summed E-state index contributed by atoms with van der Waals surface area (Å²) in [6, 6.07) is 5.46. The minimum Gasteiger partial charge on any atom is -0.399 e. The zero-order valence-electron chi connectivity index (χ0n) is 12.2. The number of benzene rings is 1. The number of anilines is 1. The third-order valence-corrected chi connectivity index (χ3v) is 3.36. The summed E-state index contributed by atoms with van der Waals surface area (Å²) < 4.78 is 0. The average Bonchev–Trinajstić information content (AvgIpc) is 2.43. The van der Waals surface area contributed by atoms with E-state index in [9.17, 15) is 4.79 Å². The fraction of sp³-hybridized carbons (Fsp3) is 0.533. The SMILES string of the molecule is CCc1cc(N)ccc1C(=O)NCCN(CC)CC. The fourth-order valence-corrected chi connectivity index (χ4v) is 2.09. The maximum atomic E-state index is 12.1. The highest BCUT2D eigenvalue weighted by atomic mass is 16.1. The maximum Gasteiger partial charge on any atom is 0.251 e. The molecular formula is C15H25N3O. The molecule has 0 atom stereocenters. The van der Waals surface area contributed by atoms with Gasteiger partial charge in [-0.15, -0.1) is 0 Å². The topological polar surface area (TPSA) is 58.4 Å². The molecule has 0 fully saturated rings. The van der Waals surface area contributed by atoms with E-state index >= 15 is 0 Å². The summed E-state index contributed by atoms with van der Waals surface area (Å²) in [6.07, 6.45) is 0.809. The Morgan fingerprint density at radius 3 is 2.53 bits per heavy atom. The molecule has 0 aliphatic heterocycles. The van der Waals surface area contributed by atoms with Crippen LogP contribution < -0.4 is 11.1 Å². The van der Waals surface area contributed by atoms with E-state index < -0.39 is 0 Å². The Hall–Kier alpha value is -1.55. The summed E-state index contributed by atoms with van der Waals surface area (Å²) in [4.78, 5) is 14.4. The highest BCUT2D eigenvalue weighted by Gasteiger charge is 2.10. The molecule has 1 aromatic rings. The van der Waals surface area contributed by atoms with E-state index in [0.717, 1.165) is 37.2 Å². The van der Waals surface area contributed by atoms with Crippen LogP contribution in [0.3, 0.4) is 0 Å². The number of rotatable bonds is 7. The van der Waals surface area contributed by atoms with Crippen molar-refractivity contribution >= 4 is 11.6 Å². The predicted molar refractivity (Wildman–Crippen MR) is 80.4 cm³/mol. The Labute approximate surface area is 116 Å². The van der Waals surface area contributed by atoms with Gasteiger partial charge >= 0.3 is 0 Å². The van der Waals surface area contributed by atoms with Crippen LogP contribution in [0.1, 0.15) is 36.7 Å². The first kappa shape index (κ1) is 15.5. The van der Waals surface area contributed by atoms with Gasteiger partial charge in [-0.1, -0.05) is 20.8 Å². The van der Waals surface area contributed by atoms with Crippen molar-refractivity contribution in [3.05, 3.63) is 29.3 Å². The van der Waals surface area contributed by atoms with Crippen molar-refractivity contribution in [1.29, 1.82) is 0 Å². The molecule has 0 bridgehead atoms. The van der Waals surface area contributed by atoms with Crippen LogP contribution >= 0.6 is 0 Å². The first-order valence-corrected chi connectivity index (χ1v) is 7.01. The molecule has 106 valence electrons. The fourth-order valence-electron chi connectivity index (χ4n) is 2.09. The number of nitrogen functional groups attached to an aromatic ring is 1. The van der Waals surface area contributed by atoms with Crippen LogP contribution in [0.15, 0.2) is 18.2 Å². The van der Waals surface area contributed by atoms with Gasteiger partial charge in [0.15, 0.2) is 0 Å². The lowest BCUT2D eigenvalue weighted by molar-refractivity contribution is 0.0948. The van der Waals surface area contributed by atoms with Gasteiger partial charge < -0.3 is 16.0 Å². The number of aryl methyl sites for hydroxylation is 1. The molecule has 0 unspecified atom stereocenters. The Balaban J connectivity index is 2.58. The van der Waals surface area contributed by atoms with E-state index in [-0.39, 0.29) is 5.91 Å². The third-order valence-electron chi connectivity index (χ3n) is 3.36. The number of amides is 1. The third kappa shape index (κ3) is 4.56. The number of carbonyl (C=O) groups is 1. The molecule has 0 aliphatic rings. The molecule has 0 spiro atoms. The van der Waals surface area contributed by atoms with Gasteiger partial charge in [0, 0.05) is 24.3 Å². The zero-order valence-corrected chi connectivity index (χ0v) is 12.2. The molecule has 1 amide bonds. The summed E-state index contributed by atoms with van der Waals surface area (Å²) >= 11 is 0. The Morgan fingerprint density at radius 1 is 1.26 bits per heavy atom. The van der Waals surface area contributed by atoms with E-state index in [1.807, 2.05) is 13.0 Å². The van der Waals surface area contributed by atoms with Gasteiger partial charge in [0.05, 0.1) is 0 Å². The van der Waals surface area contributed by atoms with Crippen LogP contribution in [0.25, 0.3) is 0 Å². The Bertz CT molecular complexity index is 414. The number of hydrogen-bond donors (Lipinski definition) is 2. The lowest BCUT2D eigenvalue weighted by Gasteiger charge is -2.18.